The highest BCUT2D eigenvalue weighted by Crippen LogP contribution is 2.30. The first kappa shape index (κ1) is 26.6. The van der Waals surface area contributed by atoms with Gasteiger partial charge in [-0.05, 0) is 32.6 Å². The van der Waals surface area contributed by atoms with E-state index in [9.17, 15) is 23.2 Å². The number of nitrogens with zero attached hydrogens (tertiary/aromatic N) is 2. The molecule has 1 aliphatic carbocycles. The van der Waals surface area contributed by atoms with Crippen molar-refractivity contribution in [3.63, 3.8) is 0 Å². The maximum Gasteiger partial charge on any atom is 0.318 e. The van der Waals surface area contributed by atoms with Crippen LogP contribution in [0.2, 0.25) is 0 Å². The topological polar surface area (TPSA) is 133 Å². The number of rotatable bonds is 9. The lowest BCUT2D eigenvalue weighted by molar-refractivity contribution is -0.128. The largest absolute Gasteiger partial charge is 0.478 e. The number of halogens is 2. The van der Waals surface area contributed by atoms with E-state index in [0.717, 1.165) is 12.8 Å². The summed E-state index contributed by atoms with van der Waals surface area (Å²) in [5, 5.41) is 12.7. The molecule has 12 heteroatoms. The van der Waals surface area contributed by atoms with E-state index >= 15 is 0 Å². The molecule has 1 aliphatic heterocycles. The van der Waals surface area contributed by atoms with Crippen molar-refractivity contribution >= 4 is 29.5 Å². The Hall–Kier alpha value is -2.63. The van der Waals surface area contributed by atoms with Gasteiger partial charge in [-0.25, -0.2) is 13.6 Å². The quantitative estimate of drug-likeness (QED) is 0.346. The first-order valence-electron chi connectivity index (χ1n) is 11.1. The third-order valence-corrected chi connectivity index (χ3v) is 5.32. The van der Waals surface area contributed by atoms with Gasteiger partial charge in [-0.3, -0.25) is 15.0 Å². The molecule has 2 rings (SSSR count). The number of amides is 3. The van der Waals surface area contributed by atoms with Crippen molar-refractivity contribution in [3.05, 3.63) is 0 Å². The van der Waals surface area contributed by atoms with Crippen LogP contribution in [0.4, 0.5) is 13.6 Å². The summed E-state index contributed by atoms with van der Waals surface area (Å²) in [5.41, 5.74) is 0. The SMILES string of the molecule is CC[C@H](NC(=O)[C@H](CC(C)(F)F)NC(=O)N1CCCOCC1)C(=O)/C(=N/C(=N)C1CC1)OC. The highest BCUT2D eigenvalue weighted by atomic mass is 19.3. The second-order valence-electron chi connectivity index (χ2n) is 8.34. The van der Waals surface area contributed by atoms with Gasteiger partial charge in [0.2, 0.25) is 17.6 Å². The van der Waals surface area contributed by atoms with E-state index in [-0.39, 0.29) is 30.6 Å². The van der Waals surface area contributed by atoms with Gasteiger partial charge in [0, 0.05) is 32.0 Å². The maximum absolute atomic E-state index is 13.8. The maximum atomic E-state index is 13.8. The van der Waals surface area contributed by atoms with Gasteiger partial charge in [0.25, 0.3) is 5.90 Å². The molecule has 33 heavy (non-hydrogen) atoms. The summed E-state index contributed by atoms with van der Waals surface area (Å²) in [5.74, 6) is -5.13. The highest BCUT2D eigenvalue weighted by molar-refractivity contribution is 6.40. The lowest BCUT2D eigenvalue weighted by atomic mass is 10.1. The average molecular weight is 474 g/mol. The average Bonchev–Trinajstić information content (AvgIpc) is 3.60. The Morgan fingerprint density at radius 2 is 1.91 bits per heavy atom. The van der Waals surface area contributed by atoms with Gasteiger partial charge in [-0.1, -0.05) is 6.92 Å². The minimum atomic E-state index is -3.23. The summed E-state index contributed by atoms with van der Waals surface area (Å²) in [4.78, 5) is 43.6. The molecule has 0 spiro atoms. The molecule has 3 amide bonds. The fourth-order valence-corrected chi connectivity index (χ4v) is 3.29. The van der Waals surface area contributed by atoms with Crippen LogP contribution in [0.3, 0.4) is 0 Å². The predicted molar refractivity (Wildman–Crippen MR) is 117 cm³/mol. The number of carbonyl (C=O) groups excluding carboxylic acids is 3. The molecule has 2 aliphatic rings. The van der Waals surface area contributed by atoms with Gasteiger partial charge in [0.15, 0.2) is 0 Å². The van der Waals surface area contributed by atoms with Crippen LogP contribution < -0.4 is 10.6 Å². The first-order valence-corrected chi connectivity index (χ1v) is 11.1. The van der Waals surface area contributed by atoms with Crippen LogP contribution in [-0.4, -0.2) is 85.8 Å². The standard InChI is InChI=1S/C21H33F2N5O5/c1-4-14(16(29)19(32-3)27-17(24)13-6-7-13)25-18(30)15(12-21(2,22)23)26-20(31)28-8-5-10-33-11-9-28/h13-15,24H,4-12H2,1-3H3,(H,25,30)(H,26,31)/b24-17?,27-19-/t14-,15-/m0/s1. The molecule has 0 aromatic carbocycles. The van der Waals surface area contributed by atoms with E-state index in [0.29, 0.717) is 33.1 Å². The molecule has 10 nitrogen and oxygen atoms in total. The van der Waals surface area contributed by atoms with Crippen LogP contribution >= 0.6 is 0 Å². The van der Waals surface area contributed by atoms with Gasteiger partial charge in [0.05, 0.1) is 19.8 Å². The van der Waals surface area contributed by atoms with Crippen LogP contribution in [0.15, 0.2) is 4.99 Å². The molecule has 1 saturated heterocycles. The van der Waals surface area contributed by atoms with Crippen molar-refractivity contribution in [1.29, 1.82) is 5.41 Å². The Labute approximate surface area is 192 Å². The number of nitrogens with one attached hydrogen (secondary N) is 3. The lowest BCUT2D eigenvalue weighted by Crippen LogP contribution is -2.56. The molecule has 3 N–H and O–H groups in total. The number of alkyl halides is 2. The fraction of sp³-hybridized carbons (Fsp3) is 0.762. The normalized spacial score (nSPS) is 19.2. The number of methoxy groups -OCH3 is 1. The van der Waals surface area contributed by atoms with Crippen molar-refractivity contribution in [2.75, 3.05) is 33.4 Å². The van der Waals surface area contributed by atoms with Crippen molar-refractivity contribution in [2.45, 2.75) is 64.0 Å². The predicted octanol–water partition coefficient (Wildman–Crippen LogP) is 1.73. The van der Waals surface area contributed by atoms with Gasteiger partial charge in [0.1, 0.15) is 11.9 Å². The summed E-state index contributed by atoms with van der Waals surface area (Å²) < 4.78 is 37.9. The molecular formula is C21H33F2N5O5. The number of urea groups is 1. The Kier molecular flexibility index (Phi) is 9.69. The number of ether oxygens (including phenoxy) is 2. The van der Waals surface area contributed by atoms with E-state index in [4.69, 9.17) is 14.9 Å². The number of aliphatic imine (C=N–C) groups is 1. The molecule has 0 aromatic rings. The summed E-state index contributed by atoms with van der Waals surface area (Å²) in [7, 11) is 1.23. The number of ketones is 1. The smallest absolute Gasteiger partial charge is 0.318 e. The van der Waals surface area contributed by atoms with Crippen molar-refractivity contribution < 1.29 is 32.6 Å². The minimum absolute atomic E-state index is 0.00613. The molecule has 186 valence electrons. The molecule has 0 radical (unpaired) electrons. The molecule has 2 atom stereocenters. The summed E-state index contributed by atoms with van der Waals surface area (Å²) >= 11 is 0. The van der Waals surface area contributed by atoms with Crippen molar-refractivity contribution in [3.8, 4) is 0 Å². The Bertz CT molecular complexity index is 759. The van der Waals surface area contributed by atoms with E-state index in [1.807, 2.05) is 0 Å². The van der Waals surface area contributed by atoms with E-state index in [1.54, 1.807) is 6.92 Å². The van der Waals surface area contributed by atoms with E-state index in [2.05, 4.69) is 15.6 Å². The van der Waals surface area contributed by atoms with Crippen LogP contribution in [0, 0.1) is 11.3 Å². The van der Waals surface area contributed by atoms with Crippen LogP contribution in [0.1, 0.15) is 46.0 Å². The molecule has 0 unspecified atom stereocenters. The number of Topliss-reactive ketones (excluding diaryl/α,β-unsaturated/α-hetero) is 1. The highest BCUT2D eigenvalue weighted by Gasteiger charge is 2.36. The number of hydrogen-bond acceptors (Lipinski definition) is 6. The summed E-state index contributed by atoms with van der Waals surface area (Å²) in [6.07, 6.45) is 1.43. The fourth-order valence-electron chi connectivity index (χ4n) is 3.29. The van der Waals surface area contributed by atoms with Crippen molar-refractivity contribution in [1.82, 2.24) is 15.5 Å². The zero-order valence-electron chi connectivity index (χ0n) is 19.3. The zero-order chi connectivity index (χ0) is 24.6. The van der Waals surface area contributed by atoms with Gasteiger partial charge >= 0.3 is 6.03 Å². The summed E-state index contributed by atoms with van der Waals surface area (Å²) in [6.45, 7) is 3.74. The monoisotopic (exact) mass is 473 g/mol. The third-order valence-electron chi connectivity index (χ3n) is 5.32. The Balaban J connectivity index is 2.10. The second-order valence-corrected chi connectivity index (χ2v) is 8.34. The molecule has 2 fully saturated rings. The lowest BCUT2D eigenvalue weighted by Gasteiger charge is -2.27. The van der Waals surface area contributed by atoms with Gasteiger partial charge < -0.3 is 25.0 Å². The Morgan fingerprint density at radius 1 is 1.21 bits per heavy atom. The van der Waals surface area contributed by atoms with Gasteiger partial charge in [-0.2, -0.15) is 4.99 Å². The molecule has 1 heterocycles. The van der Waals surface area contributed by atoms with Crippen LogP contribution in [-0.2, 0) is 19.1 Å². The Morgan fingerprint density at radius 3 is 2.48 bits per heavy atom. The van der Waals surface area contributed by atoms with Gasteiger partial charge in [-0.15, -0.1) is 0 Å². The molecule has 0 aromatic heterocycles. The van der Waals surface area contributed by atoms with E-state index in [1.165, 1.54) is 12.0 Å². The van der Waals surface area contributed by atoms with Crippen molar-refractivity contribution in [2.24, 2.45) is 10.9 Å². The second kappa shape index (κ2) is 12.0. The molecular weight excluding hydrogens is 440 g/mol. The number of carbonyl (C=O) groups is 3. The van der Waals surface area contributed by atoms with Crippen LogP contribution in [0.5, 0.6) is 0 Å². The number of amidine groups is 1. The summed E-state index contributed by atoms with van der Waals surface area (Å²) in [6, 6.07) is -3.32. The number of hydrogen-bond donors (Lipinski definition) is 3. The molecule has 0 bridgehead atoms. The minimum Gasteiger partial charge on any atom is -0.478 e. The zero-order valence-corrected chi connectivity index (χ0v) is 19.3. The van der Waals surface area contributed by atoms with Crippen LogP contribution in [0.25, 0.3) is 0 Å². The van der Waals surface area contributed by atoms with E-state index < -0.39 is 42.1 Å². The molecule has 1 saturated carbocycles. The third kappa shape index (κ3) is 8.67. The first-order chi connectivity index (χ1) is 15.6.